The number of aliphatic hydroxyl groups excluding tert-OH is 1. The molecular formula is C14H20N2O5. The molecule has 21 heavy (non-hydrogen) atoms. The number of non-ortho nitro benzene ring substituents is 1. The normalized spacial score (nSPS) is 23.0. The highest BCUT2D eigenvalue weighted by atomic mass is 16.6. The van der Waals surface area contributed by atoms with Gasteiger partial charge in [-0.15, -0.1) is 0 Å². The summed E-state index contributed by atoms with van der Waals surface area (Å²) in [6.07, 6.45) is -0.189. The van der Waals surface area contributed by atoms with Crippen LogP contribution in [0.25, 0.3) is 0 Å². The van der Waals surface area contributed by atoms with Gasteiger partial charge < -0.3 is 14.6 Å². The molecule has 1 aliphatic heterocycles. The smallest absolute Gasteiger partial charge is 0.273 e. The lowest BCUT2D eigenvalue weighted by molar-refractivity contribution is -0.385. The molecule has 1 aromatic rings. The fraction of sp³-hybridized carbons (Fsp3) is 0.571. The molecule has 2 atom stereocenters. The molecule has 1 N–H and O–H groups in total. The fourth-order valence-electron chi connectivity index (χ4n) is 2.59. The largest absolute Gasteiger partial charge is 0.496 e. The Morgan fingerprint density at radius 3 is 2.86 bits per heavy atom. The van der Waals surface area contributed by atoms with Gasteiger partial charge in [-0.3, -0.25) is 15.0 Å². The average molecular weight is 296 g/mol. The molecule has 7 heteroatoms. The van der Waals surface area contributed by atoms with Crippen LogP contribution >= 0.6 is 0 Å². The third-order valence-electron chi connectivity index (χ3n) is 3.41. The van der Waals surface area contributed by atoms with Crippen molar-refractivity contribution < 1.29 is 19.5 Å². The van der Waals surface area contributed by atoms with Crippen molar-refractivity contribution in [1.82, 2.24) is 4.90 Å². The number of hydrogen-bond acceptors (Lipinski definition) is 6. The van der Waals surface area contributed by atoms with E-state index in [0.29, 0.717) is 18.8 Å². The summed E-state index contributed by atoms with van der Waals surface area (Å²) in [5, 5.41) is 20.2. The van der Waals surface area contributed by atoms with Crippen LogP contribution in [0.1, 0.15) is 12.5 Å². The second-order valence-electron chi connectivity index (χ2n) is 5.24. The van der Waals surface area contributed by atoms with Crippen molar-refractivity contribution in [3.05, 3.63) is 33.9 Å². The summed E-state index contributed by atoms with van der Waals surface area (Å²) in [7, 11) is 1.49. The molecule has 0 aromatic heterocycles. The Bertz CT molecular complexity index is 508. The zero-order valence-corrected chi connectivity index (χ0v) is 12.2. The molecule has 1 aliphatic rings. The number of methoxy groups -OCH3 is 1. The molecule has 7 nitrogen and oxygen atoms in total. The van der Waals surface area contributed by atoms with Crippen LogP contribution in [0.15, 0.2) is 18.2 Å². The van der Waals surface area contributed by atoms with Gasteiger partial charge >= 0.3 is 0 Å². The zero-order valence-electron chi connectivity index (χ0n) is 12.2. The molecular weight excluding hydrogens is 276 g/mol. The van der Waals surface area contributed by atoms with Crippen molar-refractivity contribution in [2.45, 2.75) is 25.7 Å². The first-order valence-electron chi connectivity index (χ1n) is 6.83. The van der Waals surface area contributed by atoms with E-state index in [0.717, 1.165) is 12.1 Å². The van der Waals surface area contributed by atoms with E-state index in [9.17, 15) is 15.2 Å². The maximum atomic E-state index is 10.9. The van der Waals surface area contributed by atoms with E-state index < -0.39 is 4.92 Å². The highest BCUT2D eigenvalue weighted by Crippen LogP contribution is 2.24. The number of aliphatic hydroxyl groups is 1. The average Bonchev–Trinajstić information content (AvgIpc) is 2.46. The summed E-state index contributed by atoms with van der Waals surface area (Å²) in [5.41, 5.74) is 0.830. The third-order valence-corrected chi connectivity index (χ3v) is 3.41. The van der Waals surface area contributed by atoms with Crippen LogP contribution in [-0.4, -0.2) is 53.9 Å². The lowest BCUT2D eigenvalue weighted by Crippen LogP contribution is -2.47. The second-order valence-corrected chi connectivity index (χ2v) is 5.24. The van der Waals surface area contributed by atoms with Gasteiger partial charge in [0, 0.05) is 25.7 Å². The monoisotopic (exact) mass is 296 g/mol. The van der Waals surface area contributed by atoms with Crippen molar-refractivity contribution in [2.24, 2.45) is 0 Å². The Morgan fingerprint density at radius 1 is 1.48 bits per heavy atom. The topological polar surface area (TPSA) is 85.1 Å². The highest BCUT2D eigenvalue weighted by Gasteiger charge is 2.25. The zero-order chi connectivity index (χ0) is 15.4. The van der Waals surface area contributed by atoms with Crippen LogP contribution in [0.3, 0.4) is 0 Å². The first-order chi connectivity index (χ1) is 10.0. The molecule has 0 amide bonds. The number of benzene rings is 1. The number of rotatable bonds is 5. The van der Waals surface area contributed by atoms with Gasteiger partial charge in [-0.2, -0.15) is 0 Å². The summed E-state index contributed by atoms with van der Waals surface area (Å²) in [6.45, 7) is 3.80. The Kier molecular flexibility index (Phi) is 5.11. The Morgan fingerprint density at radius 2 is 2.24 bits per heavy atom. The van der Waals surface area contributed by atoms with Gasteiger partial charge in [-0.25, -0.2) is 0 Å². The van der Waals surface area contributed by atoms with Crippen LogP contribution in [0.5, 0.6) is 5.75 Å². The summed E-state index contributed by atoms with van der Waals surface area (Å²) in [4.78, 5) is 12.6. The van der Waals surface area contributed by atoms with E-state index in [1.54, 1.807) is 12.1 Å². The maximum absolute atomic E-state index is 10.9. The van der Waals surface area contributed by atoms with E-state index in [1.807, 2.05) is 6.92 Å². The van der Waals surface area contributed by atoms with Crippen LogP contribution in [-0.2, 0) is 11.3 Å². The van der Waals surface area contributed by atoms with Gasteiger partial charge in [-0.1, -0.05) is 0 Å². The van der Waals surface area contributed by atoms with E-state index in [-0.39, 0.29) is 24.5 Å². The fourth-order valence-corrected chi connectivity index (χ4v) is 2.59. The van der Waals surface area contributed by atoms with E-state index in [1.165, 1.54) is 13.2 Å². The number of hydrogen-bond donors (Lipinski definition) is 1. The second kappa shape index (κ2) is 6.84. The molecule has 0 radical (unpaired) electrons. The highest BCUT2D eigenvalue weighted by molar-refractivity contribution is 5.42. The molecule has 0 aliphatic carbocycles. The van der Waals surface area contributed by atoms with Crippen LogP contribution in [0, 0.1) is 10.1 Å². The number of nitro benzene ring substituents is 1. The standard InChI is InChI=1S/C14H20N2O5/c1-10-6-15(8-14(9-17)21-10)7-11-3-12(16(18)19)5-13(4-11)20-2/h3-5,10,14,17H,6-9H2,1-2H3. The van der Waals surface area contributed by atoms with E-state index in [2.05, 4.69) is 4.90 Å². The van der Waals surface area contributed by atoms with Gasteiger partial charge in [0.2, 0.25) is 0 Å². The SMILES string of the molecule is COc1cc(CN2CC(C)OC(CO)C2)cc([N+](=O)[O-])c1. The number of nitrogens with zero attached hydrogens (tertiary/aromatic N) is 2. The lowest BCUT2D eigenvalue weighted by atomic mass is 10.1. The Balaban J connectivity index is 2.14. The van der Waals surface area contributed by atoms with Crippen molar-refractivity contribution in [3.63, 3.8) is 0 Å². The van der Waals surface area contributed by atoms with Crippen molar-refractivity contribution in [2.75, 3.05) is 26.8 Å². The molecule has 1 aromatic carbocycles. The van der Waals surface area contributed by atoms with Crippen molar-refractivity contribution in [1.29, 1.82) is 0 Å². The van der Waals surface area contributed by atoms with Crippen LogP contribution < -0.4 is 4.74 Å². The number of morpholine rings is 1. The van der Waals surface area contributed by atoms with Crippen LogP contribution in [0.4, 0.5) is 5.69 Å². The quantitative estimate of drug-likeness (QED) is 0.649. The summed E-state index contributed by atoms with van der Waals surface area (Å²) < 4.78 is 10.7. The summed E-state index contributed by atoms with van der Waals surface area (Å²) in [6, 6.07) is 4.75. The summed E-state index contributed by atoms with van der Waals surface area (Å²) >= 11 is 0. The summed E-state index contributed by atoms with van der Waals surface area (Å²) in [5.74, 6) is 0.471. The third kappa shape index (κ3) is 4.13. The molecule has 0 bridgehead atoms. The lowest BCUT2D eigenvalue weighted by Gasteiger charge is -2.36. The Labute approximate surface area is 123 Å². The van der Waals surface area contributed by atoms with Crippen molar-refractivity contribution >= 4 is 5.69 Å². The van der Waals surface area contributed by atoms with Gasteiger partial charge in [0.15, 0.2) is 0 Å². The predicted octanol–water partition coefficient (Wildman–Crippen LogP) is 1.18. The van der Waals surface area contributed by atoms with Gasteiger partial charge in [0.05, 0.1) is 36.9 Å². The molecule has 116 valence electrons. The Hall–Kier alpha value is -1.70. The van der Waals surface area contributed by atoms with E-state index >= 15 is 0 Å². The van der Waals surface area contributed by atoms with Crippen molar-refractivity contribution in [3.8, 4) is 5.75 Å². The first kappa shape index (κ1) is 15.7. The molecule has 2 rings (SSSR count). The number of ether oxygens (including phenoxy) is 2. The number of nitro groups is 1. The molecule has 1 heterocycles. The predicted molar refractivity (Wildman–Crippen MR) is 76.3 cm³/mol. The molecule has 1 fully saturated rings. The molecule has 0 spiro atoms. The molecule has 1 saturated heterocycles. The van der Waals surface area contributed by atoms with Crippen LogP contribution in [0.2, 0.25) is 0 Å². The minimum Gasteiger partial charge on any atom is -0.496 e. The first-order valence-corrected chi connectivity index (χ1v) is 6.83. The molecule has 0 saturated carbocycles. The van der Waals surface area contributed by atoms with Gasteiger partial charge in [0.25, 0.3) is 5.69 Å². The van der Waals surface area contributed by atoms with Gasteiger partial charge in [0.1, 0.15) is 5.75 Å². The van der Waals surface area contributed by atoms with Gasteiger partial charge in [-0.05, 0) is 18.6 Å². The maximum Gasteiger partial charge on any atom is 0.273 e. The minimum atomic E-state index is -0.426. The van der Waals surface area contributed by atoms with E-state index in [4.69, 9.17) is 9.47 Å². The minimum absolute atomic E-state index is 0.0179. The molecule has 2 unspecified atom stereocenters.